The minimum Gasteiger partial charge on any atom is -0.364 e. The number of nitrogens with zero attached hydrogens (tertiary/aromatic N) is 2. The zero-order valence-electron chi connectivity index (χ0n) is 6.52. The van der Waals surface area contributed by atoms with Crippen LogP contribution in [0.1, 0.15) is 10.5 Å². The third-order valence-electron chi connectivity index (χ3n) is 1.55. The van der Waals surface area contributed by atoms with Crippen LogP contribution in [-0.4, -0.2) is 21.1 Å². The maximum Gasteiger partial charge on any atom is 0.267 e. The van der Waals surface area contributed by atoms with Crippen LogP contribution in [0.15, 0.2) is 17.8 Å². The Labute approximate surface area is 77.6 Å². The topological polar surface area (TPSA) is 84.7 Å². The smallest absolute Gasteiger partial charge is 0.267 e. The Morgan fingerprint density at radius 1 is 1.62 bits per heavy atom. The lowest BCUT2D eigenvalue weighted by Gasteiger charge is -1.92. The molecule has 2 heterocycles. The van der Waals surface area contributed by atoms with Gasteiger partial charge in [-0.3, -0.25) is 9.89 Å². The van der Waals surface area contributed by atoms with Gasteiger partial charge in [0.2, 0.25) is 0 Å². The average Bonchev–Trinajstić information content (AvgIpc) is 2.74. The summed E-state index contributed by atoms with van der Waals surface area (Å²) in [6, 6.07) is 0. The van der Waals surface area contributed by atoms with Gasteiger partial charge in [-0.2, -0.15) is 5.10 Å². The van der Waals surface area contributed by atoms with Crippen LogP contribution in [0.3, 0.4) is 0 Å². The second-order valence-corrected chi connectivity index (χ2v) is 3.25. The molecule has 0 aliphatic rings. The molecule has 1 amide bonds. The van der Waals surface area contributed by atoms with Crippen LogP contribution < -0.4 is 5.73 Å². The quantitative estimate of drug-likeness (QED) is 0.735. The molecular formula is C7H6N4OS. The van der Waals surface area contributed by atoms with Crippen LogP contribution in [-0.2, 0) is 0 Å². The summed E-state index contributed by atoms with van der Waals surface area (Å²) in [6.45, 7) is 0. The van der Waals surface area contributed by atoms with Gasteiger partial charge in [-0.05, 0) is 0 Å². The molecule has 2 rings (SSSR count). The highest BCUT2D eigenvalue weighted by molar-refractivity contribution is 7.13. The van der Waals surface area contributed by atoms with Gasteiger partial charge in [-0.25, -0.2) is 4.98 Å². The first-order valence-corrected chi connectivity index (χ1v) is 4.40. The molecule has 6 heteroatoms. The number of amides is 1. The van der Waals surface area contributed by atoms with Crippen molar-refractivity contribution in [2.45, 2.75) is 0 Å². The Bertz CT molecular complexity index is 419. The van der Waals surface area contributed by atoms with Crippen LogP contribution >= 0.6 is 11.3 Å². The largest absolute Gasteiger partial charge is 0.364 e. The maximum absolute atomic E-state index is 10.9. The Morgan fingerprint density at radius 2 is 2.46 bits per heavy atom. The monoisotopic (exact) mass is 194 g/mol. The molecule has 0 unspecified atom stereocenters. The predicted octanol–water partition coefficient (Wildman–Crippen LogP) is 0.632. The van der Waals surface area contributed by atoms with E-state index in [-0.39, 0.29) is 0 Å². The van der Waals surface area contributed by atoms with Gasteiger partial charge in [0.05, 0.1) is 11.8 Å². The Morgan fingerprint density at radius 3 is 3.08 bits per heavy atom. The minimum atomic E-state index is -0.525. The number of aromatic nitrogens is 3. The molecule has 2 aromatic heterocycles. The number of carbonyl (C=O) groups is 1. The van der Waals surface area contributed by atoms with E-state index in [0.717, 1.165) is 5.01 Å². The fourth-order valence-corrected chi connectivity index (χ4v) is 1.65. The van der Waals surface area contributed by atoms with Gasteiger partial charge >= 0.3 is 0 Å². The number of nitrogens with one attached hydrogen (secondary N) is 1. The molecule has 0 saturated heterocycles. The zero-order valence-corrected chi connectivity index (χ0v) is 7.34. The number of carbonyl (C=O) groups excluding carboxylic acids is 1. The summed E-state index contributed by atoms with van der Waals surface area (Å²) < 4.78 is 0. The summed E-state index contributed by atoms with van der Waals surface area (Å²) in [5.74, 6) is -0.525. The molecule has 2 aromatic rings. The second kappa shape index (κ2) is 2.98. The van der Waals surface area contributed by atoms with E-state index in [2.05, 4.69) is 15.2 Å². The number of H-pyrrole nitrogens is 1. The summed E-state index contributed by atoms with van der Waals surface area (Å²) in [7, 11) is 0. The summed E-state index contributed by atoms with van der Waals surface area (Å²) in [6.07, 6.45) is 3.21. The molecule has 0 saturated carbocycles. The molecule has 13 heavy (non-hydrogen) atoms. The SMILES string of the molecule is NC(=O)c1[nH]ncc1-c1nccs1. The highest BCUT2D eigenvalue weighted by atomic mass is 32.1. The van der Waals surface area contributed by atoms with Gasteiger partial charge < -0.3 is 5.73 Å². The molecule has 0 aromatic carbocycles. The number of primary amides is 1. The van der Waals surface area contributed by atoms with Crippen molar-refractivity contribution in [3.05, 3.63) is 23.5 Å². The van der Waals surface area contributed by atoms with E-state index in [4.69, 9.17) is 5.73 Å². The molecule has 0 atom stereocenters. The highest BCUT2D eigenvalue weighted by Gasteiger charge is 2.13. The van der Waals surface area contributed by atoms with Crippen molar-refractivity contribution in [1.82, 2.24) is 15.2 Å². The fourth-order valence-electron chi connectivity index (χ4n) is 0.993. The molecule has 0 fully saturated rings. The van der Waals surface area contributed by atoms with Crippen LogP contribution in [0.5, 0.6) is 0 Å². The molecule has 0 aliphatic heterocycles. The molecule has 3 N–H and O–H groups in total. The normalized spacial score (nSPS) is 10.2. The van der Waals surface area contributed by atoms with E-state index in [1.54, 1.807) is 12.4 Å². The van der Waals surface area contributed by atoms with Gasteiger partial charge in [0.15, 0.2) is 0 Å². The van der Waals surface area contributed by atoms with Crippen molar-refractivity contribution < 1.29 is 4.79 Å². The van der Waals surface area contributed by atoms with Gasteiger partial charge in [0.25, 0.3) is 5.91 Å². The van der Waals surface area contributed by atoms with Gasteiger partial charge in [0.1, 0.15) is 10.7 Å². The predicted molar refractivity (Wildman–Crippen MR) is 48.2 cm³/mol. The van der Waals surface area contributed by atoms with Crippen molar-refractivity contribution in [1.29, 1.82) is 0 Å². The van der Waals surface area contributed by atoms with E-state index in [9.17, 15) is 4.79 Å². The molecule has 0 bridgehead atoms. The van der Waals surface area contributed by atoms with E-state index in [0.29, 0.717) is 11.3 Å². The standard InChI is InChI=1S/C7H6N4OS/c8-6(12)5-4(3-10-11-5)7-9-1-2-13-7/h1-3H,(H2,8,12)(H,10,11). The van der Waals surface area contributed by atoms with Crippen molar-refractivity contribution in [3.8, 4) is 10.6 Å². The number of nitrogens with two attached hydrogens (primary N) is 1. The third kappa shape index (κ3) is 1.31. The Balaban J connectivity index is 2.52. The Kier molecular flexibility index (Phi) is 1.82. The molecule has 0 spiro atoms. The van der Waals surface area contributed by atoms with E-state index in [1.807, 2.05) is 5.38 Å². The first-order valence-electron chi connectivity index (χ1n) is 3.52. The number of hydrogen-bond donors (Lipinski definition) is 2. The highest BCUT2D eigenvalue weighted by Crippen LogP contribution is 2.23. The van der Waals surface area contributed by atoms with Crippen molar-refractivity contribution in [3.63, 3.8) is 0 Å². The van der Waals surface area contributed by atoms with Crippen LogP contribution in [0.4, 0.5) is 0 Å². The summed E-state index contributed by atoms with van der Waals surface area (Å²) in [5, 5.41) is 8.84. The first kappa shape index (κ1) is 7.93. The van der Waals surface area contributed by atoms with Crippen molar-refractivity contribution in [2.24, 2.45) is 5.73 Å². The lowest BCUT2D eigenvalue weighted by atomic mass is 10.2. The fraction of sp³-hybridized carbons (Fsp3) is 0. The third-order valence-corrected chi connectivity index (χ3v) is 2.35. The first-order chi connectivity index (χ1) is 6.29. The Hall–Kier alpha value is -1.69. The minimum absolute atomic E-state index is 0.301. The summed E-state index contributed by atoms with van der Waals surface area (Å²) in [4.78, 5) is 15.0. The molecule has 0 radical (unpaired) electrons. The molecular weight excluding hydrogens is 188 g/mol. The maximum atomic E-state index is 10.9. The summed E-state index contributed by atoms with van der Waals surface area (Å²) in [5.41, 5.74) is 6.09. The van der Waals surface area contributed by atoms with Crippen molar-refractivity contribution in [2.75, 3.05) is 0 Å². The zero-order chi connectivity index (χ0) is 9.26. The van der Waals surface area contributed by atoms with Gasteiger partial charge in [0, 0.05) is 11.6 Å². The van der Waals surface area contributed by atoms with Crippen molar-refractivity contribution >= 4 is 17.2 Å². The number of rotatable bonds is 2. The number of aromatic amines is 1. The van der Waals surface area contributed by atoms with Gasteiger partial charge in [-0.15, -0.1) is 11.3 Å². The van der Waals surface area contributed by atoms with E-state index in [1.165, 1.54) is 11.3 Å². The number of thiazole rings is 1. The summed E-state index contributed by atoms with van der Waals surface area (Å²) >= 11 is 1.43. The average molecular weight is 194 g/mol. The van der Waals surface area contributed by atoms with E-state index < -0.39 is 5.91 Å². The molecule has 5 nitrogen and oxygen atoms in total. The molecule has 66 valence electrons. The molecule has 0 aliphatic carbocycles. The lowest BCUT2D eigenvalue weighted by Crippen LogP contribution is -2.12. The van der Waals surface area contributed by atoms with E-state index >= 15 is 0 Å². The van der Waals surface area contributed by atoms with Crippen LogP contribution in [0.2, 0.25) is 0 Å². The lowest BCUT2D eigenvalue weighted by molar-refractivity contribution is 0.0996. The second-order valence-electron chi connectivity index (χ2n) is 2.36. The van der Waals surface area contributed by atoms with Crippen LogP contribution in [0.25, 0.3) is 10.6 Å². The van der Waals surface area contributed by atoms with Crippen LogP contribution in [0, 0.1) is 0 Å². The number of hydrogen-bond acceptors (Lipinski definition) is 4. The van der Waals surface area contributed by atoms with Gasteiger partial charge in [-0.1, -0.05) is 0 Å².